The van der Waals surface area contributed by atoms with Crippen molar-refractivity contribution in [1.29, 1.82) is 0 Å². The van der Waals surface area contributed by atoms with Crippen LogP contribution < -0.4 is 0 Å². The molecule has 36 heavy (non-hydrogen) atoms. The molecule has 0 radical (unpaired) electrons. The fourth-order valence-electron chi connectivity index (χ4n) is 4.73. The minimum atomic E-state index is -0.00491. The van der Waals surface area contributed by atoms with Crippen molar-refractivity contribution in [3.8, 4) is 11.1 Å². The number of rotatable bonds is 7. The van der Waals surface area contributed by atoms with Gasteiger partial charge in [-0.3, -0.25) is 4.99 Å². The van der Waals surface area contributed by atoms with Crippen LogP contribution >= 0.6 is 0 Å². The average Bonchev–Trinajstić information content (AvgIpc) is 3.67. The Balaban J connectivity index is 1.26. The van der Waals surface area contributed by atoms with Crippen molar-refractivity contribution in [2.24, 2.45) is 9.98 Å². The zero-order valence-corrected chi connectivity index (χ0v) is 19.7. The van der Waals surface area contributed by atoms with E-state index in [1.165, 1.54) is 22.3 Å². The molecule has 2 aromatic carbocycles. The second kappa shape index (κ2) is 9.87. The van der Waals surface area contributed by atoms with Gasteiger partial charge in [0.1, 0.15) is 12.3 Å². The summed E-state index contributed by atoms with van der Waals surface area (Å²) in [6, 6.07) is 17.5. The Hall–Kier alpha value is -4.72. The van der Waals surface area contributed by atoms with Crippen LogP contribution in [0.25, 0.3) is 11.1 Å². The molecular weight excluding hydrogens is 448 g/mol. The van der Waals surface area contributed by atoms with Crippen molar-refractivity contribution >= 4 is 12.6 Å². The van der Waals surface area contributed by atoms with E-state index >= 15 is 0 Å². The highest BCUT2D eigenvalue weighted by Gasteiger charge is 2.21. The van der Waals surface area contributed by atoms with Gasteiger partial charge in [-0.1, -0.05) is 48.5 Å². The summed E-state index contributed by atoms with van der Waals surface area (Å²) >= 11 is 0. The molecule has 0 bridgehead atoms. The van der Waals surface area contributed by atoms with Crippen LogP contribution in [-0.2, 0) is 0 Å². The van der Waals surface area contributed by atoms with Crippen LogP contribution in [-0.4, -0.2) is 54.5 Å². The third-order valence-corrected chi connectivity index (χ3v) is 6.46. The van der Waals surface area contributed by atoms with Crippen molar-refractivity contribution in [1.82, 2.24) is 28.9 Å². The van der Waals surface area contributed by atoms with Gasteiger partial charge in [0.15, 0.2) is 0 Å². The quantitative estimate of drug-likeness (QED) is 0.394. The summed E-state index contributed by atoms with van der Waals surface area (Å²) in [5, 5.41) is 0. The van der Waals surface area contributed by atoms with E-state index in [4.69, 9.17) is 0 Å². The first-order valence-corrected chi connectivity index (χ1v) is 11.9. The van der Waals surface area contributed by atoms with Crippen LogP contribution in [0.4, 0.5) is 0 Å². The van der Waals surface area contributed by atoms with E-state index in [0.29, 0.717) is 0 Å². The molecule has 2 unspecified atom stereocenters. The average molecular weight is 475 g/mol. The van der Waals surface area contributed by atoms with E-state index in [9.17, 15) is 0 Å². The SMILES string of the molecule is C1=CN=CN(C(c2ccc(-c3ccc(C(N4C=CN=CC4)n4ccnc4)cc3)cc2)n2ccnc2)C1. The van der Waals surface area contributed by atoms with Gasteiger partial charge >= 0.3 is 0 Å². The van der Waals surface area contributed by atoms with Crippen LogP contribution in [0.15, 0.2) is 121 Å². The number of aliphatic imine (C=N–C) groups is 2. The molecule has 2 aliphatic heterocycles. The van der Waals surface area contributed by atoms with Gasteiger partial charge in [-0.25, -0.2) is 15.0 Å². The summed E-state index contributed by atoms with van der Waals surface area (Å²) < 4.78 is 4.22. The van der Waals surface area contributed by atoms with Crippen LogP contribution in [0, 0.1) is 0 Å². The van der Waals surface area contributed by atoms with Gasteiger partial charge in [-0.15, -0.1) is 0 Å². The Morgan fingerprint density at radius 2 is 1.25 bits per heavy atom. The number of imidazole rings is 2. The summed E-state index contributed by atoms with van der Waals surface area (Å²) in [6.45, 7) is 1.55. The molecule has 4 heterocycles. The maximum Gasteiger partial charge on any atom is 0.134 e. The summed E-state index contributed by atoms with van der Waals surface area (Å²) in [5.74, 6) is 0. The lowest BCUT2D eigenvalue weighted by Crippen LogP contribution is -2.33. The first-order chi connectivity index (χ1) is 17.9. The fourth-order valence-corrected chi connectivity index (χ4v) is 4.73. The predicted molar refractivity (Wildman–Crippen MR) is 141 cm³/mol. The largest absolute Gasteiger partial charge is 0.347 e. The summed E-state index contributed by atoms with van der Waals surface area (Å²) in [5.41, 5.74) is 4.71. The molecule has 0 saturated carbocycles. The summed E-state index contributed by atoms with van der Waals surface area (Å²) in [4.78, 5) is 21.5. The Morgan fingerprint density at radius 1 is 0.639 bits per heavy atom. The molecule has 0 saturated heterocycles. The number of aromatic nitrogens is 4. The highest BCUT2D eigenvalue weighted by Crippen LogP contribution is 2.29. The number of hydrogen-bond donors (Lipinski definition) is 0. The lowest BCUT2D eigenvalue weighted by Gasteiger charge is -2.32. The fraction of sp³-hybridized carbons (Fsp3) is 0.143. The van der Waals surface area contributed by atoms with Crippen LogP contribution in [0.3, 0.4) is 0 Å². The van der Waals surface area contributed by atoms with Gasteiger partial charge in [0.05, 0.1) is 25.5 Å². The first kappa shape index (κ1) is 21.8. The highest BCUT2D eigenvalue weighted by atomic mass is 15.3. The van der Waals surface area contributed by atoms with E-state index in [1.54, 1.807) is 0 Å². The number of benzene rings is 2. The molecule has 2 aliphatic rings. The molecule has 4 aromatic rings. The Morgan fingerprint density at radius 3 is 1.72 bits per heavy atom. The van der Waals surface area contributed by atoms with Gasteiger partial charge in [0.2, 0.25) is 0 Å². The highest BCUT2D eigenvalue weighted by molar-refractivity contribution is 5.65. The molecule has 8 heteroatoms. The van der Waals surface area contributed by atoms with E-state index in [-0.39, 0.29) is 12.3 Å². The van der Waals surface area contributed by atoms with Crippen LogP contribution in [0.5, 0.6) is 0 Å². The van der Waals surface area contributed by atoms with Crippen molar-refractivity contribution in [2.75, 3.05) is 13.1 Å². The van der Waals surface area contributed by atoms with Crippen LogP contribution in [0.2, 0.25) is 0 Å². The molecule has 178 valence electrons. The number of nitrogens with zero attached hydrogens (tertiary/aromatic N) is 8. The molecule has 2 aromatic heterocycles. The van der Waals surface area contributed by atoms with Crippen molar-refractivity contribution in [3.05, 3.63) is 122 Å². The standard InChI is InChI=1S/C28H26N8/c1-10-30-20-34(15-1)28(36-19-14-32-22-36)26-8-4-24(5-9-26)23-2-6-25(7-3-23)27(35-18-13-31-21-35)33-16-11-29-12-17-33/h1-14,16,18-22,27-28H,15,17H2. The smallest absolute Gasteiger partial charge is 0.134 e. The molecule has 6 rings (SSSR count). The minimum Gasteiger partial charge on any atom is -0.347 e. The molecule has 0 N–H and O–H groups in total. The minimum absolute atomic E-state index is 0.00491. The van der Waals surface area contributed by atoms with Crippen molar-refractivity contribution < 1.29 is 0 Å². The third-order valence-electron chi connectivity index (χ3n) is 6.46. The van der Waals surface area contributed by atoms with Crippen molar-refractivity contribution in [3.63, 3.8) is 0 Å². The zero-order valence-electron chi connectivity index (χ0n) is 19.7. The molecule has 0 amide bonds. The lowest BCUT2D eigenvalue weighted by atomic mass is 10.0. The zero-order chi connectivity index (χ0) is 24.2. The van der Waals surface area contributed by atoms with Crippen LogP contribution in [0.1, 0.15) is 23.5 Å². The van der Waals surface area contributed by atoms with E-state index in [2.05, 4.69) is 93.5 Å². The lowest BCUT2D eigenvalue weighted by molar-refractivity contribution is 0.274. The van der Waals surface area contributed by atoms with Gasteiger partial charge in [-0.2, -0.15) is 0 Å². The van der Waals surface area contributed by atoms with Gasteiger partial charge in [0, 0.05) is 56.1 Å². The molecule has 0 spiro atoms. The predicted octanol–water partition coefficient (Wildman–Crippen LogP) is 4.56. The maximum absolute atomic E-state index is 4.32. The van der Waals surface area contributed by atoms with Gasteiger partial charge in [0.25, 0.3) is 0 Å². The monoisotopic (exact) mass is 474 g/mol. The second-order valence-corrected chi connectivity index (χ2v) is 8.68. The Labute approximate surface area is 209 Å². The molecular formula is C28H26N8. The van der Waals surface area contributed by atoms with E-state index < -0.39 is 0 Å². The normalized spacial score (nSPS) is 16.4. The first-order valence-electron chi connectivity index (χ1n) is 11.9. The molecule has 0 fully saturated rings. The summed E-state index contributed by atoms with van der Waals surface area (Å²) in [6.07, 6.45) is 22.9. The molecule has 0 aliphatic carbocycles. The molecule has 8 nitrogen and oxygen atoms in total. The number of hydrogen-bond acceptors (Lipinski definition) is 6. The van der Waals surface area contributed by atoms with Crippen molar-refractivity contribution in [2.45, 2.75) is 12.3 Å². The van der Waals surface area contributed by atoms with Gasteiger partial charge < -0.3 is 18.9 Å². The topological polar surface area (TPSA) is 66.8 Å². The third kappa shape index (κ3) is 4.36. The second-order valence-electron chi connectivity index (χ2n) is 8.68. The van der Waals surface area contributed by atoms with E-state index in [1.807, 2.05) is 68.6 Å². The van der Waals surface area contributed by atoms with Gasteiger partial charge in [-0.05, 0) is 28.3 Å². The maximum atomic E-state index is 4.32. The van der Waals surface area contributed by atoms with E-state index in [0.717, 1.165) is 13.1 Å². The molecule has 2 atom stereocenters. The Bertz CT molecular complexity index is 1270. The summed E-state index contributed by atoms with van der Waals surface area (Å²) in [7, 11) is 0. The Kier molecular flexibility index (Phi) is 5.98.